The van der Waals surface area contributed by atoms with Gasteiger partial charge in [-0.3, -0.25) is 4.79 Å². The molecule has 1 aromatic rings. The molecule has 0 saturated carbocycles. The van der Waals surface area contributed by atoms with Crippen molar-refractivity contribution in [2.45, 2.75) is 6.04 Å². The van der Waals surface area contributed by atoms with Gasteiger partial charge in [0.1, 0.15) is 5.75 Å². The molecule has 2 rings (SSSR count). The van der Waals surface area contributed by atoms with Crippen LogP contribution in [0, 0.1) is 0 Å². The molecule has 1 aliphatic rings. The number of benzene rings is 1. The van der Waals surface area contributed by atoms with E-state index in [0.717, 1.165) is 5.69 Å². The minimum absolute atomic E-state index is 0.0531. The van der Waals surface area contributed by atoms with E-state index in [0.29, 0.717) is 18.0 Å². The number of likely N-dealkylation sites (N-methyl/N-ethyl adjacent to an activating group) is 1. The summed E-state index contributed by atoms with van der Waals surface area (Å²) in [5, 5.41) is 11.7. The van der Waals surface area contributed by atoms with E-state index in [4.69, 9.17) is 15.6 Å². The Morgan fingerprint density at radius 2 is 2.39 bits per heavy atom. The number of aliphatic hydroxyl groups excluding tert-OH is 1. The summed E-state index contributed by atoms with van der Waals surface area (Å²) in [6, 6.07) is 5.24. The third-order valence-corrected chi connectivity index (χ3v) is 2.78. The molecule has 98 valence electrons. The zero-order chi connectivity index (χ0) is 13.1. The maximum absolute atomic E-state index is 11.2. The van der Waals surface area contributed by atoms with Crippen LogP contribution in [0.4, 0.5) is 11.4 Å². The smallest absolute Gasteiger partial charge is 0.262 e. The first-order chi connectivity index (χ1) is 8.60. The lowest BCUT2D eigenvalue weighted by Gasteiger charge is -2.25. The van der Waals surface area contributed by atoms with Gasteiger partial charge in [0, 0.05) is 25.3 Å². The van der Waals surface area contributed by atoms with Crippen LogP contribution in [0.2, 0.25) is 0 Å². The molecule has 1 heterocycles. The largest absolute Gasteiger partial charge is 0.482 e. The van der Waals surface area contributed by atoms with Crippen molar-refractivity contribution in [1.29, 1.82) is 0 Å². The lowest BCUT2D eigenvalue weighted by Crippen LogP contribution is -2.38. The van der Waals surface area contributed by atoms with Gasteiger partial charge in [0.2, 0.25) is 0 Å². The minimum Gasteiger partial charge on any atom is -0.482 e. The first kappa shape index (κ1) is 12.7. The van der Waals surface area contributed by atoms with E-state index in [1.807, 2.05) is 30.1 Å². The van der Waals surface area contributed by atoms with Gasteiger partial charge in [-0.15, -0.1) is 0 Å². The van der Waals surface area contributed by atoms with Gasteiger partial charge < -0.3 is 25.8 Å². The summed E-state index contributed by atoms with van der Waals surface area (Å²) in [5.41, 5.74) is 7.25. The first-order valence-corrected chi connectivity index (χ1v) is 5.74. The highest BCUT2D eigenvalue weighted by Crippen LogP contribution is 2.31. The van der Waals surface area contributed by atoms with E-state index < -0.39 is 0 Å². The third-order valence-electron chi connectivity index (χ3n) is 2.78. The SMILES string of the molecule is CN(CC(N)CO)c1ccc2c(c1)NC(=O)CO2. The van der Waals surface area contributed by atoms with E-state index in [-0.39, 0.29) is 25.2 Å². The number of aliphatic hydroxyl groups is 1. The van der Waals surface area contributed by atoms with Crippen LogP contribution in [-0.2, 0) is 4.79 Å². The molecule has 6 nitrogen and oxygen atoms in total. The zero-order valence-electron chi connectivity index (χ0n) is 10.2. The Hall–Kier alpha value is -1.79. The molecule has 1 aromatic carbocycles. The third kappa shape index (κ3) is 2.72. The van der Waals surface area contributed by atoms with Gasteiger partial charge in [0.15, 0.2) is 6.61 Å². The van der Waals surface area contributed by atoms with Crippen LogP contribution in [0.15, 0.2) is 18.2 Å². The Morgan fingerprint density at radius 3 is 3.11 bits per heavy atom. The summed E-state index contributed by atoms with van der Waals surface area (Å²) < 4.78 is 5.28. The Kier molecular flexibility index (Phi) is 3.69. The number of carbonyl (C=O) groups excluding carboxylic acids is 1. The monoisotopic (exact) mass is 251 g/mol. The topological polar surface area (TPSA) is 87.8 Å². The maximum atomic E-state index is 11.2. The molecule has 4 N–H and O–H groups in total. The van der Waals surface area contributed by atoms with Gasteiger partial charge in [0.25, 0.3) is 5.91 Å². The van der Waals surface area contributed by atoms with Crippen LogP contribution < -0.4 is 20.7 Å². The summed E-state index contributed by atoms with van der Waals surface area (Å²) in [7, 11) is 1.88. The standard InChI is InChI=1S/C12H17N3O3/c1-15(5-8(13)6-16)9-2-3-11-10(4-9)14-12(17)7-18-11/h2-4,8,16H,5-7,13H2,1H3,(H,14,17). The van der Waals surface area contributed by atoms with E-state index in [1.165, 1.54) is 0 Å². The van der Waals surface area contributed by atoms with Gasteiger partial charge in [-0.2, -0.15) is 0 Å². The highest BCUT2D eigenvalue weighted by atomic mass is 16.5. The Morgan fingerprint density at radius 1 is 1.61 bits per heavy atom. The summed E-state index contributed by atoms with van der Waals surface area (Å²) in [5.74, 6) is 0.507. The van der Waals surface area contributed by atoms with Crippen LogP contribution in [-0.4, -0.2) is 43.9 Å². The van der Waals surface area contributed by atoms with Crippen molar-refractivity contribution in [1.82, 2.24) is 0 Å². The Labute approximate surface area is 105 Å². The Bertz CT molecular complexity index is 450. The van der Waals surface area contributed by atoms with Gasteiger partial charge in [-0.1, -0.05) is 0 Å². The van der Waals surface area contributed by atoms with E-state index >= 15 is 0 Å². The Balaban J connectivity index is 2.15. The van der Waals surface area contributed by atoms with Crippen molar-refractivity contribution in [2.75, 3.05) is 37.0 Å². The number of nitrogens with two attached hydrogens (primary N) is 1. The van der Waals surface area contributed by atoms with Gasteiger partial charge in [-0.05, 0) is 18.2 Å². The second-order valence-corrected chi connectivity index (χ2v) is 4.34. The van der Waals surface area contributed by atoms with E-state index in [2.05, 4.69) is 5.32 Å². The first-order valence-electron chi connectivity index (χ1n) is 5.74. The number of amides is 1. The highest BCUT2D eigenvalue weighted by Gasteiger charge is 2.17. The second-order valence-electron chi connectivity index (χ2n) is 4.34. The highest BCUT2D eigenvalue weighted by molar-refractivity contribution is 5.96. The van der Waals surface area contributed by atoms with Crippen LogP contribution in [0.3, 0.4) is 0 Å². The van der Waals surface area contributed by atoms with Crippen LogP contribution in [0.5, 0.6) is 5.75 Å². The van der Waals surface area contributed by atoms with Crippen molar-refractivity contribution in [3.63, 3.8) is 0 Å². The van der Waals surface area contributed by atoms with Crippen molar-refractivity contribution in [3.8, 4) is 5.75 Å². The van der Waals surface area contributed by atoms with Gasteiger partial charge >= 0.3 is 0 Å². The summed E-state index contributed by atoms with van der Waals surface area (Å²) >= 11 is 0. The number of carbonyl (C=O) groups is 1. The number of ether oxygens (including phenoxy) is 1. The van der Waals surface area contributed by atoms with Gasteiger partial charge in [-0.25, -0.2) is 0 Å². The predicted octanol–water partition coefficient (Wildman–Crippen LogP) is -0.227. The molecular formula is C12H17N3O3. The average Bonchev–Trinajstić information content (AvgIpc) is 2.37. The number of fused-ring (bicyclic) bond motifs is 1. The number of anilines is 2. The summed E-state index contributed by atoms with van der Waals surface area (Å²) in [6.07, 6.45) is 0. The number of nitrogens with zero attached hydrogens (tertiary/aromatic N) is 1. The fraction of sp³-hybridized carbons (Fsp3) is 0.417. The van der Waals surface area contributed by atoms with Gasteiger partial charge in [0.05, 0.1) is 12.3 Å². The second kappa shape index (κ2) is 5.24. The molecule has 0 aliphatic carbocycles. The average molecular weight is 251 g/mol. The molecule has 1 unspecified atom stereocenters. The van der Waals surface area contributed by atoms with Crippen LogP contribution in [0.25, 0.3) is 0 Å². The van der Waals surface area contributed by atoms with Crippen molar-refractivity contribution in [2.24, 2.45) is 5.73 Å². The van der Waals surface area contributed by atoms with Crippen molar-refractivity contribution >= 4 is 17.3 Å². The molecule has 0 bridgehead atoms. The lowest BCUT2D eigenvalue weighted by molar-refractivity contribution is -0.118. The molecule has 0 radical (unpaired) electrons. The number of rotatable bonds is 4. The quantitative estimate of drug-likeness (QED) is 0.688. The van der Waals surface area contributed by atoms with E-state index in [9.17, 15) is 4.79 Å². The maximum Gasteiger partial charge on any atom is 0.262 e. The molecule has 1 aliphatic heterocycles. The molecule has 1 amide bonds. The summed E-state index contributed by atoms with van der Waals surface area (Å²) in [4.78, 5) is 13.1. The predicted molar refractivity (Wildman–Crippen MR) is 68.9 cm³/mol. The van der Waals surface area contributed by atoms with Crippen LogP contribution >= 0.6 is 0 Å². The zero-order valence-corrected chi connectivity index (χ0v) is 10.2. The fourth-order valence-corrected chi connectivity index (χ4v) is 1.82. The molecule has 0 fully saturated rings. The van der Waals surface area contributed by atoms with Crippen molar-refractivity contribution in [3.05, 3.63) is 18.2 Å². The number of hydrogen-bond acceptors (Lipinski definition) is 5. The number of hydrogen-bond donors (Lipinski definition) is 3. The molecule has 0 aromatic heterocycles. The summed E-state index contributed by atoms with van der Waals surface area (Å²) in [6.45, 7) is 0.525. The van der Waals surface area contributed by atoms with Crippen molar-refractivity contribution < 1.29 is 14.6 Å². The molecule has 18 heavy (non-hydrogen) atoms. The number of nitrogens with one attached hydrogen (secondary N) is 1. The minimum atomic E-state index is -0.295. The van der Waals surface area contributed by atoms with E-state index in [1.54, 1.807) is 0 Å². The normalized spacial score (nSPS) is 15.4. The fourth-order valence-electron chi connectivity index (χ4n) is 1.82. The van der Waals surface area contributed by atoms with Crippen LogP contribution in [0.1, 0.15) is 0 Å². The lowest BCUT2D eigenvalue weighted by atomic mass is 10.2. The molecule has 0 spiro atoms. The molecular weight excluding hydrogens is 234 g/mol. The molecule has 0 saturated heterocycles. The molecule has 6 heteroatoms. The molecule has 1 atom stereocenters.